The van der Waals surface area contributed by atoms with Crippen LogP contribution in [0, 0.1) is 10.1 Å². The van der Waals surface area contributed by atoms with Crippen LogP contribution in [-0.4, -0.2) is 42.4 Å². The maximum atomic E-state index is 12.1. The van der Waals surface area contributed by atoms with E-state index in [1.165, 1.54) is 12.1 Å². The number of ether oxygens (including phenoxy) is 1. The van der Waals surface area contributed by atoms with Crippen molar-refractivity contribution in [3.05, 3.63) is 64.2 Å². The summed E-state index contributed by atoms with van der Waals surface area (Å²) in [6, 6.07) is 12.7. The van der Waals surface area contributed by atoms with Crippen molar-refractivity contribution >= 4 is 34.8 Å². The molecule has 0 aliphatic rings. The van der Waals surface area contributed by atoms with Gasteiger partial charge in [-0.15, -0.1) is 0 Å². The SMILES string of the molecule is CCNC(=O)CNC(=O)COC(=O)c1ccc(Nc2ccccc2)c([N+](=O)[O-])c1. The summed E-state index contributed by atoms with van der Waals surface area (Å²) < 4.78 is 4.85. The first kappa shape index (κ1) is 21.4. The lowest BCUT2D eigenvalue weighted by Crippen LogP contribution is -2.38. The second kappa shape index (κ2) is 10.4. The number of esters is 1. The van der Waals surface area contributed by atoms with Gasteiger partial charge in [-0.2, -0.15) is 0 Å². The van der Waals surface area contributed by atoms with Gasteiger partial charge in [-0.05, 0) is 31.2 Å². The fraction of sp³-hybridized carbons (Fsp3) is 0.211. The molecule has 0 aliphatic carbocycles. The van der Waals surface area contributed by atoms with Gasteiger partial charge in [0.15, 0.2) is 6.61 Å². The second-order valence-electron chi connectivity index (χ2n) is 5.79. The van der Waals surface area contributed by atoms with Crippen LogP contribution in [0.1, 0.15) is 17.3 Å². The Labute approximate surface area is 166 Å². The first-order valence-corrected chi connectivity index (χ1v) is 8.71. The summed E-state index contributed by atoms with van der Waals surface area (Å²) in [6.07, 6.45) is 0. The van der Waals surface area contributed by atoms with E-state index in [4.69, 9.17) is 4.74 Å². The molecule has 2 aromatic carbocycles. The van der Waals surface area contributed by atoms with E-state index < -0.39 is 23.4 Å². The van der Waals surface area contributed by atoms with Crippen LogP contribution in [0.3, 0.4) is 0 Å². The van der Waals surface area contributed by atoms with Crippen molar-refractivity contribution in [1.82, 2.24) is 10.6 Å². The summed E-state index contributed by atoms with van der Waals surface area (Å²) in [5.74, 6) is -1.93. The summed E-state index contributed by atoms with van der Waals surface area (Å²) in [7, 11) is 0. The molecule has 0 heterocycles. The average Bonchev–Trinajstić information content (AvgIpc) is 2.71. The number of carbonyl (C=O) groups excluding carboxylic acids is 3. The van der Waals surface area contributed by atoms with Crippen molar-refractivity contribution in [3.63, 3.8) is 0 Å². The highest BCUT2D eigenvalue weighted by Gasteiger charge is 2.19. The molecule has 0 atom stereocenters. The van der Waals surface area contributed by atoms with Crippen LogP contribution in [0.5, 0.6) is 0 Å². The standard InChI is InChI=1S/C19H20N4O6/c1-2-20-17(24)11-21-18(25)12-29-19(26)13-8-9-15(16(10-13)23(27)28)22-14-6-4-3-5-7-14/h3-10,22H,2,11-12H2,1H3,(H,20,24)(H,21,25). The molecule has 2 aromatic rings. The Morgan fingerprint density at radius 3 is 2.41 bits per heavy atom. The normalized spacial score (nSPS) is 9.97. The first-order valence-electron chi connectivity index (χ1n) is 8.71. The van der Waals surface area contributed by atoms with Crippen molar-refractivity contribution in [1.29, 1.82) is 0 Å². The molecule has 0 unspecified atom stereocenters. The van der Waals surface area contributed by atoms with Crippen LogP contribution in [-0.2, 0) is 14.3 Å². The van der Waals surface area contributed by atoms with E-state index in [9.17, 15) is 24.5 Å². The zero-order chi connectivity index (χ0) is 21.2. The van der Waals surface area contributed by atoms with Gasteiger partial charge in [-0.1, -0.05) is 18.2 Å². The van der Waals surface area contributed by atoms with Crippen molar-refractivity contribution in [2.45, 2.75) is 6.92 Å². The van der Waals surface area contributed by atoms with Crippen LogP contribution in [0.4, 0.5) is 17.1 Å². The number of hydrogen-bond donors (Lipinski definition) is 3. The Morgan fingerprint density at radius 1 is 1.03 bits per heavy atom. The number of nitrogens with zero attached hydrogens (tertiary/aromatic N) is 1. The molecule has 0 saturated heterocycles. The third-order valence-corrected chi connectivity index (χ3v) is 3.64. The van der Waals surface area contributed by atoms with Crippen molar-refractivity contribution in [2.75, 3.05) is 25.0 Å². The number of benzene rings is 2. The third-order valence-electron chi connectivity index (χ3n) is 3.64. The van der Waals surface area contributed by atoms with Crippen molar-refractivity contribution in [2.24, 2.45) is 0 Å². The Bertz CT molecular complexity index is 901. The van der Waals surface area contributed by atoms with Gasteiger partial charge in [-0.3, -0.25) is 19.7 Å². The van der Waals surface area contributed by atoms with Gasteiger partial charge in [0.25, 0.3) is 11.6 Å². The molecular formula is C19H20N4O6. The maximum Gasteiger partial charge on any atom is 0.338 e. The van der Waals surface area contributed by atoms with E-state index in [1.807, 2.05) is 6.07 Å². The summed E-state index contributed by atoms with van der Waals surface area (Å²) in [5, 5.41) is 19.1. The van der Waals surface area contributed by atoms with E-state index in [2.05, 4.69) is 16.0 Å². The number of para-hydroxylation sites is 1. The van der Waals surface area contributed by atoms with E-state index in [-0.39, 0.29) is 29.4 Å². The minimum Gasteiger partial charge on any atom is -0.452 e. The smallest absolute Gasteiger partial charge is 0.338 e. The predicted octanol–water partition coefficient (Wildman–Crippen LogP) is 1.75. The molecule has 0 spiro atoms. The largest absolute Gasteiger partial charge is 0.452 e. The predicted molar refractivity (Wildman–Crippen MR) is 105 cm³/mol. The Hall–Kier alpha value is -3.95. The Kier molecular flexibility index (Phi) is 7.66. The highest BCUT2D eigenvalue weighted by Crippen LogP contribution is 2.28. The van der Waals surface area contributed by atoms with Crippen molar-refractivity contribution < 1.29 is 24.0 Å². The molecule has 10 nitrogen and oxygen atoms in total. The van der Waals surface area contributed by atoms with Gasteiger partial charge < -0.3 is 20.7 Å². The van der Waals surface area contributed by atoms with Gasteiger partial charge in [0.05, 0.1) is 17.0 Å². The fourth-order valence-electron chi connectivity index (χ4n) is 2.30. The average molecular weight is 400 g/mol. The number of anilines is 2. The molecule has 0 aliphatic heterocycles. The van der Waals surface area contributed by atoms with Crippen LogP contribution in [0.15, 0.2) is 48.5 Å². The number of rotatable bonds is 9. The minimum absolute atomic E-state index is 0.0770. The molecule has 2 amide bonds. The van der Waals surface area contributed by atoms with Crippen molar-refractivity contribution in [3.8, 4) is 0 Å². The monoisotopic (exact) mass is 400 g/mol. The molecule has 0 bridgehead atoms. The van der Waals surface area contributed by atoms with Gasteiger partial charge in [0.2, 0.25) is 5.91 Å². The third kappa shape index (κ3) is 6.61. The molecule has 0 saturated carbocycles. The zero-order valence-electron chi connectivity index (χ0n) is 15.6. The molecule has 152 valence electrons. The van der Waals surface area contributed by atoms with E-state index in [0.29, 0.717) is 12.2 Å². The maximum absolute atomic E-state index is 12.1. The quantitative estimate of drug-likeness (QED) is 0.331. The van der Waals surface area contributed by atoms with E-state index in [1.54, 1.807) is 31.2 Å². The number of amides is 2. The summed E-state index contributed by atoms with van der Waals surface area (Å²) in [6.45, 7) is 1.31. The molecule has 0 aromatic heterocycles. The number of likely N-dealkylation sites (N-methyl/N-ethyl adjacent to an activating group) is 1. The van der Waals surface area contributed by atoms with E-state index >= 15 is 0 Å². The number of carbonyl (C=O) groups is 3. The second-order valence-corrected chi connectivity index (χ2v) is 5.79. The molecule has 10 heteroatoms. The number of nitro groups is 1. The zero-order valence-corrected chi connectivity index (χ0v) is 15.6. The number of nitrogens with one attached hydrogen (secondary N) is 3. The minimum atomic E-state index is -0.896. The summed E-state index contributed by atoms with van der Waals surface area (Å²) >= 11 is 0. The van der Waals surface area contributed by atoms with Crippen LogP contribution in [0.2, 0.25) is 0 Å². The fourth-order valence-corrected chi connectivity index (χ4v) is 2.30. The lowest BCUT2D eigenvalue weighted by molar-refractivity contribution is -0.383. The summed E-state index contributed by atoms with van der Waals surface area (Å²) in [5.41, 5.74) is 0.461. The lowest BCUT2D eigenvalue weighted by Gasteiger charge is -2.09. The van der Waals surface area contributed by atoms with Gasteiger partial charge in [0.1, 0.15) is 5.69 Å². The van der Waals surface area contributed by atoms with Gasteiger partial charge in [0, 0.05) is 18.3 Å². The van der Waals surface area contributed by atoms with E-state index in [0.717, 1.165) is 6.07 Å². The van der Waals surface area contributed by atoms with Crippen LogP contribution >= 0.6 is 0 Å². The highest BCUT2D eigenvalue weighted by molar-refractivity contribution is 5.93. The summed E-state index contributed by atoms with van der Waals surface area (Å²) in [4.78, 5) is 45.8. The molecular weight excluding hydrogens is 380 g/mol. The highest BCUT2D eigenvalue weighted by atomic mass is 16.6. The molecule has 0 radical (unpaired) electrons. The van der Waals surface area contributed by atoms with Gasteiger partial charge in [-0.25, -0.2) is 4.79 Å². The first-order chi connectivity index (χ1) is 13.9. The van der Waals surface area contributed by atoms with Crippen LogP contribution in [0.25, 0.3) is 0 Å². The number of nitro benzene ring substituents is 1. The Morgan fingerprint density at radius 2 is 1.76 bits per heavy atom. The lowest BCUT2D eigenvalue weighted by atomic mass is 10.1. The van der Waals surface area contributed by atoms with Gasteiger partial charge >= 0.3 is 5.97 Å². The molecule has 0 fully saturated rings. The van der Waals surface area contributed by atoms with Crippen LogP contribution < -0.4 is 16.0 Å². The topological polar surface area (TPSA) is 140 Å². The molecule has 29 heavy (non-hydrogen) atoms. The Balaban J connectivity index is 2.00. The molecule has 3 N–H and O–H groups in total. The number of hydrogen-bond acceptors (Lipinski definition) is 7. The molecule has 2 rings (SSSR count).